The minimum Gasteiger partial charge on any atom is -0.312 e. The Balaban J connectivity index is 0.00000220. The minimum absolute atomic E-state index is 0. The molecule has 8 heteroatoms. The third kappa shape index (κ3) is 4.60. The van der Waals surface area contributed by atoms with Crippen molar-refractivity contribution in [2.24, 2.45) is 5.41 Å². The Bertz CT molecular complexity index is 581. The highest BCUT2D eigenvalue weighted by molar-refractivity contribution is 7.89. The number of sulfonamides is 1. The highest BCUT2D eigenvalue weighted by Gasteiger charge is 2.32. The molecule has 0 amide bonds. The van der Waals surface area contributed by atoms with E-state index >= 15 is 0 Å². The highest BCUT2D eigenvalue weighted by Crippen LogP contribution is 2.29. The van der Waals surface area contributed by atoms with Gasteiger partial charge >= 0.3 is 0 Å². The average Bonchev–Trinajstić information content (AvgIpc) is 2.37. The van der Waals surface area contributed by atoms with Gasteiger partial charge in [-0.1, -0.05) is 13.8 Å². The molecule has 2 heterocycles. The van der Waals surface area contributed by atoms with E-state index in [1.165, 1.54) is 0 Å². The van der Waals surface area contributed by atoms with Crippen molar-refractivity contribution in [3.63, 3.8) is 0 Å². The summed E-state index contributed by atoms with van der Waals surface area (Å²) in [6.07, 6.45) is 4.26. The van der Waals surface area contributed by atoms with Crippen molar-refractivity contribution >= 4 is 22.4 Å². The van der Waals surface area contributed by atoms with Crippen molar-refractivity contribution in [3.8, 4) is 0 Å². The van der Waals surface area contributed by atoms with Crippen LogP contribution < -0.4 is 10.0 Å². The van der Waals surface area contributed by atoms with E-state index < -0.39 is 15.8 Å². The summed E-state index contributed by atoms with van der Waals surface area (Å²) >= 11 is 0. The van der Waals surface area contributed by atoms with Gasteiger partial charge in [0.05, 0.1) is 6.20 Å². The van der Waals surface area contributed by atoms with E-state index in [4.69, 9.17) is 0 Å². The van der Waals surface area contributed by atoms with Gasteiger partial charge < -0.3 is 5.32 Å². The van der Waals surface area contributed by atoms with Gasteiger partial charge in [-0.3, -0.25) is 4.98 Å². The van der Waals surface area contributed by atoms with Gasteiger partial charge in [0, 0.05) is 18.8 Å². The fourth-order valence-corrected chi connectivity index (χ4v) is 3.46. The maximum absolute atomic E-state index is 13.0. The molecule has 1 saturated heterocycles. The fourth-order valence-electron chi connectivity index (χ4n) is 2.43. The van der Waals surface area contributed by atoms with Crippen LogP contribution in [0.4, 0.5) is 4.39 Å². The number of pyridine rings is 1. The van der Waals surface area contributed by atoms with Crippen molar-refractivity contribution in [1.82, 2.24) is 15.0 Å². The van der Waals surface area contributed by atoms with Crippen LogP contribution in [-0.2, 0) is 10.0 Å². The molecule has 5 nitrogen and oxygen atoms in total. The summed E-state index contributed by atoms with van der Waals surface area (Å²) in [4.78, 5) is 3.42. The van der Waals surface area contributed by atoms with Gasteiger partial charge in [0.2, 0.25) is 10.0 Å². The van der Waals surface area contributed by atoms with E-state index in [-0.39, 0.29) is 35.3 Å². The maximum atomic E-state index is 13.0. The standard InChI is InChI=1S/C13H20FN3O2S.ClH/c1-13(2)4-3-5-16-12(13)9-17-20(18,19)11-6-10(14)7-15-8-11;/h6-8,12,16-17H,3-5,9H2,1-2H3;1H. The molecule has 1 aliphatic rings. The van der Waals surface area contributed by atoms with Crippen molar-refractivity contribution in [3.05, 3.63) is 24.3 Å². The molecule has 0 aromatic carbocycles. The number of aromatic nitrogens is 1. The van der Waals surface area contributed by atoms with E-state index in [0.717, 1.165) is 37.8 Å². The predicted molar refractivity (Wildman–Crippen MR) is 81.4 cm³/mol. The molecule has 1 atom stereocenters. The van der Waals surface area contributed by atoms with Gasteiger partial charge in [-0.05, 0) is 30.9 Å². The summed E-state index contributed by atoms with van der Waals surface area (Å²) in [6.45, 7) is 5.40. The van der Waals surface area contributed by atoms with E-state index in [2.05, 4.69) is 28.9 Å². The summed E-state index contributed by atoms with van der Waals surface area (Å²) in [7, 11) is -3.72. The third-order valence-corrected chi connectivity index (χ3v) is 5.19. The molecule has 120 valence electrons. The average molecular weight is 338 g/mol. The number of nitrogens with one attached hydrogen (secondary N) is 2. The third-order valence-electron chi connectivity index (χ3n) is 3.80. The molecule has 1 aromatic heterocycles. The summed E-state index contributed by atoms with van der Waals surface area (Å²) < 4.78 is 39.8. The van der Waals surface area contributed by atoms with E-state index in [0.29, 0.717) is 0 Å². The smallest absolute Gasteiger partial charge is 0.242 e. The van der Waals surface area contributed by atoms with Crippen molar-refractivity contribution in [1.29, 1.82) is 0 Å². The second kappa shape index (κ2) is 7.00. The first-order chi connectivity index (χ1) is 9.31. The largest absolute Gasteiger partial charge is 0.312 e. The van der Waals surface area contributed by atoms with Crippen LogP contribution in [0.1, 0.15) is 26.7 Å². The topological polar surface area (TPSA) is 71.1 Å². The van der Waals surface area contributed by atoms with Gasteiger partial charge in [-0.15, -0.1) is 12.4 Å². The van der Waals surface area contributed by atoms with Crippen molar-refractivity contribution < 1.29 is 12.8 Å². The lowest BCUT2D eigenvalue weighted by Crippen LogP contribution is -2.52. The Morgan fingerprint density at radius 1 is 1.48 bits per heavy atom. The van der Waals surface area contributed by atoms with Crippen LogP contribution in [0.15, 0.2) is 23.4 Å². The summed E-state index contributed by atoms with van der Waals surface area (Å²) in [5.74, 6) is -0.663. The Hall–Kier alpha value is -0.760. The SMILES string of the molecule is CC1(C)CCCNC1CNS(=O)(=O)c1cncc(F)c1.Cl. The first-order valence-corrected chi connectivity index (χ1v) is 8.13. The lowest BCUT2D eigenvalue weighted by Gasteiger charge is -2.39. The van der Waals surface area contributed by atoms with Crippen molar-refractivity contribution in [2.45, 2.75) is 37.6 Å². The van der Waals surface area contributed by atoms with Crippen LogP contribution in [0.25, 0.3) is 0 Å². The molecule has 1 fully saturated rings. The molecule has 0 radical (unpaired) electrons. The lowest BCUT2D eigenvalue weighted by atomic mass is 9.78. The minimum atomic E-state index is -3.72. The fraction of sp³-hybridized carbons (Fsp3) is 0.615. The molecule has 2 rings (SSSR count). The van der Waals surface area contributed by atoms with Crippen LogP contribution >= 0.6 is 12.4 Å². The predicted octanol–water partition coefficient (Wildman–Crippen LogP) is 1.70. The monoisotopic (exact) mass is 337 g/mol. The molecular weight excluding hydrogens is 317 g/mol. The molecule has 0 aliphatic carbocycles. The highest BCUT2D eigenvalue weighted by atomic mass is 35.5. The van der Waals surface area contributed by atoms with E-state index in [9.17, 15) is 12.8 Å². The quantitative estimate of drug-likeness (QED) is 0.877. The Kier molecular flexibility index (Phi) is 6.10. The summed E-state index contributed by atoms with van der Waals surface area (Å²) in [5, 5.41) is 3.33. The second-order valence-electron chi connectivity index (χ2n) is 5.79. The van der Waals surface area contributed by atoms with Crippen LogP contribution in [0.2, 0.25) is 0 Å². The molecule has 2 N–H and O–H groups in total. The van der Waals surface area contributed by atoms with E-state index in [1.54, 1.807) is 0 Å². The number of hydrogen-bond donors (Lipinski definition) is 2. The Labute approximate surface area is 131 Å². The molecule has 21 heavy (non-hydrogen) atoms. The molecule has 0 spiro atoms. The van der Waals surface area contributed by atoms with Gasteiger partial charge in [0.1, 0.15) is 10.7 Å². The number of nitrogens with zero attached hydrogens (tertiary/aromatic N) is 1. The van der Waals surface area contributed by atoms with Crippen LogP contribution in [0, 0.1) is 11.2 Å². The van der Waals surface area contributed by atoms with Crippen LogP contribution in [0.3, 0.4) is 0 Å². The molecule has 0 bridgehead atoms. The van der Waals surface area contributed by atoms with Gasteiger partial charge in [0.25, 0.3) is 0 Å². The molecule has 1 unspecified atom stereocenters. The first-order valence-electron chi connectivity index (χ1n) is 6.65. The van der Waals surface area contributed by atoms with E-state index in [1.807, 2.05) is 0 Å². The number of piperidine rings is 1. The zero-order chi connectivity index (χ0) is 14.8. The zero-order valence-electron chi connectivity index (χ0n) is 12.1. The Morgan fingerprint density at radius 3 is 2.81 bits per heavy atom. The zero-order valence-corrected chi connectivity index (χ0v) is 13.7. The number of hydrogen-bond acceptors (Lipinski definition) is 4. The number of halogens is 2. The summed E-state index contributed by atoms with van der Waals surface area (Å²) in [5.41, 5.74) is 0.0287. The normalized spacial score (nSPS) is 21.6. The van der Waals surface area contributed by atoms with Crippen LogP contribution in [-0.4, -0.2) is 32.5 Å². The van der Waals surface area contributed by atoms with Gasteiger partial charge in [0.15, 0.2) is 0 Å². The molecular formula is C13H21ClFN3O2S. The molecule has 1 aromatic rings. The van der Waals surface area contributed by atoms with Crippen LogP contribution in [0.5, 0.6) is 0 Å². The van der Waals surface area contributed by atoms with Gasteiger partial charge in [-0.25, -0.2) is 17.5 Å². The first kappa shape index (κ1) is 18.3. The number of rotatable bonds is 4. The molecule has 1 aliphatic heterocycles. The van der Waals surface area contributed by atoms with Gasteiger partial charge in [-0.2, -0.15) is 0 Å². The Morgan fingerprint density at radius 2 is 2.19 bits per heavy atom. The van der Waals surface area contributed by atoms with Crippen molar-refractivity contribution in [2.75, 3.05) is 13.1 Å². The lowest BCUT2D eigenvalue weighted by molar-refractivity contribution is 0.181. The maximum Gasteiger partial charge on any atom is 0.242 e. The molecule has 0 saturated carbocycles. The second-order valence-corrected chi connectivity index (χ2v) is 7.56. The summed E-state index contributed by atoms with van der Waals surface area (Å²) in [6, 6.07) is 1.03.